The van der Waals surface area contributed by atoms with Gasteiger partial charge < -0.3 is 0 Å². The van der Waals surface area contributed by atoms with Crippen LogP contribution in [0.1, 0.15) is 37.7 Å². The molecule has 1 aliphatic heterocycles. The van der Waals surface area contributed by atoms with Crippen LogP contribution in [0, 0.1) is 5.82 Å². The summed E-state index contributed by atoms with van der Waals surface area (Å²) < 4.78 is 13.1. The van der Waals surface area contributed by atoms with Crippen molar-refractivity contribution in [3.05, 3.63) is 53.8 Å². The number of halogens is 1. The van der Waals surface area contributed by atoms with Gasteiger partial charge >= 0.3 is 0 Å². The smallest absolute Gasteiger partial charge is 0.123 e. The number of hydrogen-bond acceptors (Lipinski definition) is 1. The Hall–Kier alpha value is -1.96. The van der Waals surface area contributed by atoms with Crippen LogP contribution in [-0.4, -0.2) is 6.21 Å². The van der Waals surface area contributed by atoms with Crippen LogP contribution in [0.3, 0.4) is 0 Å². The summed E-state index contributed by atoms with van der Waals surface area (Å²) in [4.78, 5) is 4.64. The third-order valence-electron chi connectivity index (χ3n) is 4.91. The number of benzene rings is 2. The Bertz CT molecular complexity index is 694. The number of rotatable bonds is 1. The monoisotopic (exact) mass is 279 g/mol. The highest BCUT2D eigenvalue weighted by molar-refractivity contribution is 5.87. The van der Waals surface area contributed by atoms with Crippen molar-refractivity contribution in [2.75, 3.05) is 0 Å². The van der Waals surface area contributed by atoms with Gasteiger partial charge in [-0.25, -0.2) is 4.39 Å². The molecule has 2 aromatic carbocycles. The Morgan fingerprint density at radius 1 is 0.857 bits per heavy atom. The minimum Gasteiger partial charge on any atom is -0.260 e. The van der Waals surface area contributed by atoms with Gasteiger partial charge in [-0.05, 0) is 53.8 Å². The summed E-state index contributed by atoms with van der Waals surface area (Å²) in [5.41, 5.74) is 4.86. The van der Waals surface area contributed by atoms with Gasteiger partial charge in [0.1, 0.15) is 5.82 Å². The second kappa shape index (κ2) is 4.80. The van der Waals surface area contributed by atoms with E-state index >= 15 is 0 Å². The molecule has 0 aromatic heterocycles. The number of aliphatic imine (C=N–C) groups is 1. The zero-order valence-corrected chi connectivity index (χ0v) is 12.0. The molecular formula is C19H18FN. The molecule has 0 bridgehead atoms. The zero-order chi connectivity index (χ0) is 14.3. The van der Waals surface area contributed by atoms with Crippen LogP contribution in [0.15, 0.2) is 47.5 Å². The van der Waals surface area contributed by atoms with Crippen LogP contribution in [-0.2, 0) is 5.41 Å². The van der Waals surface area contributed by atoms with E-state index in [1.807, 2.05) is 12.1 Å². The molecule has 0 amide bonds. The van der Waals surface area contributed by atoms with Crippen molar-refractivity contribution < 1.29 is 4.39 Å². The van der Waals surface area contributed by atoms with Crippen LogP contribution in [0.2, 0.25) is 0 Å². The molecule has 2 heteroatoms. The second-order valence-electron chi connectivity index (χ2n) is 6.21. The summed E-state index contributed by atoms with van der Waals surface area (Å²) in [5.74, 6) is -0.188. The first-order valence-corrected chi connectivity index (χ1v) is 7.73. The number of hydrogen-bond donors (Lipinski definition) is 0. The van der Waals surface area contributed by atoms with Crippen molar-refractivity contribution in [2.45, 2.75) is 37.5 Å². The van der Waals surface area contributed by atoms with Crippen molar-refractivity contribution in [3.63, 3.8) is 0 Å². The van der Waals surface area contributed by atoms with Gasteiger partial charge in [-0.15, -0.1) is 0 Å². The van der Waals surface area contributed by atoms with Gasteiger partial charge in [-0.1, -0.05) is 37.5 Å². The molecule has 21 heavy (non-hydrogen) atoms. The molecule has 1 aliphatic carbocycles. The topological polar surface area (TPSA) is 12.4 Å². The largest absolute Gasteiger partial charge is 0.260 e. The molecule has 0 radical (unpaired) electrons. The van der Waals surface area contributed by atoms with Gasteiger partial charge in [0, 0.05) is 11.6 Å². The van der Waals surface area contributed by atoms with E-state index in [4.69, 9.17) is 0 Å². The lowest BCUT2D eigenvalue weighted by atomic mass is 9.70. The average molecular weight is 279 g/mol. The lowest BCUT2D eigenvalue weighted by molar-refractivity contribution is 0.391. The minimum absolute atomic E-state index is 0.156. The van der Waals surface area contributed by atoms with Gasteiger partial charge in [0.15, 0.2) is 0 Å². The number of fused-ring (bicyclic) bond motifs is 2. The molecule has 0 unspecified atom stereocenters. The third kappa shape index (κ3) is 2.10. The van der Waals surface area contributed by atoms with Gasteiger partial charge in [-0.2, -0.15) is 0 Å². The van der Waals surface area contributed by atoms with E-state index in [0.717, 1.165) is 16.8 Å². The summed E-state index contributed by atoms with van der Waals surface area (Å²) in [6, 6.07) is 13.2. The SMILES string of the molecule is Fc1ccc(-c2ccc3c(c2)C2(C=N3)CCCCC2)cc1. The predicted molar refractivity (Wildman–Crippen MR) is 84.8 cm³/mol. The standard InChI is InChI=1S/C19H18FN/c20-16-7-4-14(5-8-16)15-6-9-18-17(12-15)19(13-21-18)10-2-1-3-11-19/h4-9,12-13H,1-3,10-11H2. The fraction of sp³-hybridized carbons (Fsp3) is 0.316. The molecule has 106 valence electrons. The van der Waals surface area contributed by atoms with Crippen LogP contribution in [0.5, 0.6) is 0 Å². The highest BCUT2D eigenvalue weighted by atomic mass is 19.1. The molecule has 0 saturated heterocycles. The Morgan fingerprint density at radius 3 is 2.33 bits per heavy atom. The van der Waals surface area contributed by atoms with E-state index in [2.05, 4.69) is 29.4 Å². The highest BCUT2D eigenvalue weighted by Crippen LogP contribution is 2.47. The summed E-state index contributed by atoms with van der Waals surface area (Å²) in [7, 11) is 0. The Labute approximate surface area is 124 Å². The zero-order valence-electron chi connectivity index (χ0n) is 12.0. The van der Waals surface area contributed by atoms with Crippen molar-refractivity contribution in [1.29, 1.82) is 0 Å². The molecule has 2 aliphatic rings. The molecule has 1 spiro atoms. The van der Waals surface area contributed by atoms with Crippen molar-refractivity contribution in [3.8, 4) is 11.1 Å². The van der Waals surface area contributed by atoms with Crippen LogP contribution >= 0.6 is 0 Å². The van der Waals surface area contributed by atoms with E-state index in [1.54, 1.807) is 0 Å². The molecule has 2 aromatic rings. The quantitative estimate of drug-likeness (QED) is 0.661. The lowest BCUT2D eigenvalue weighted by Gasteiger charge is -2.32. The maximum Gasteiger partial charge on any atom is 0.123 e. The van der Waals surface area contributed by atoms with Crippen LogP contribution in [0.4, 0.5) is 10.1 Å². The average Bonchev–Trinajstić information content (AvgIpc) is 2.87. The van der Waals surface area contributed by atoms with Crippen molar-refractivity contribution >= 4 is 11.9 Å². The molecule has 0 atom stereocenters. The second-order valence-corrected chi connectivity index (χ2v) is 6.21. The van der Waals surface area contributed by atoms with E-state index in [-0.39, 0.29) is 11.2 Å². The molecule has 1 nitrogen and oxygen atoms in total. The third-order valence-corrected chi connectivity index (χ3v) is 4.91. The number of nitrogens with zero attached hydrogens (tertiary/aromatic N) is 1. The maximum atomic E-state index is 13.1. The van der Waals surface area contributed by atoms with E-state index in [9.17, 15) is 4.39 Å². The van der Waals surface area contributed by atoms with E-state index < -0.39 is 0 Å². The summed E-state index contributed by atoms with van der Waals surface area (Å²) in [6.07, 6.45) is 8.49. The first-order chi connectivity index (χ1) is 10.3. The molecule has 0 N–H and O–H groups in total. The van der Waals surface area contributed by atoms with Crippen LogP contribution in [0.25, 0.3) is 11.1 Å². The Balaban J connectivity index is 1.77. The summed E-state index contributed by atoms with van der Waals surface area (Å²) in [5, 5.41) is 0. The van der Waals surface area contributed by atoms with Gasteiger partial charge in [-0.3, -0.25) is 4.99 Å². The Kier molecular flexibility index (Phi) is 2.91. The maximum absolute atomic E-state index is 13.1. The Morgan fingerprint density at radius 2 is 1.57 bits per heavy atom. The summed E-state index contributed by atoms with van der Waals surface area (Å²) >= 11 is 0. The fourth-order valence-corrected chi connectivity index (χ4v) is 3.71. The van der Waals surface area contributed by atoms with Crippen molar-refractivity contribution in [1.82, 2.24) is 0 Å². The first-order valence-electron chi connectivity index (χ1n) is 7.73. The normalized spacial score (nSPS) is 18.9. The van der Waals surface area contributed by atoms with Gasteiger partial charge in [0.05, 0.1) is 5.69 Å². The summed E-state index contributed by atoms with van der Waals surface area (Å²) in [6.45, 7) is 0. The van der Waals surface area contributed by atoms with Gasteiger partial charge in [0.2, 0.25) is 0 Å². The molecular weight excluding hydrogens is 261 g/mol. The first kappa shape index (κ1) is 12.8. The van der Waals surface area contributed by atoms with Gasteiger partial charge in [0.25, 0.3) is 0 Å². The van der Waals surface area contributed by atoms with Crippen LogP contribution < -0.4 is 0 Å². The molecule has 1 saturated carbocycles. The van der Waals surface area contributed by atoms with E-state index in [0.29, 0.717) is 0 Å². The van der Waals surface area contributed by atoms with Crippen molar-refractivity contribution in [2.24, 2.45) is 4.99 Å². The fourth-order valence-electron chi connectivity index (χ4n) is 3.71. The molecule has 1 fully saturated rings. The minimum atomic E-state index is -0.188. The molecule has 1 heterocycles. The highest BCUT2D eigenvalue weighted by Gasteiger charge is 2.37. The predicted octanol–water partition coefficient (Wildman–Crippen LogP) is 5.41. The molecule has 4 rings (SSSR count). The lowest BCUT2D eigenvalue weighted by Crippen LogP contribution is -2.28. The van der Waals surface area contributed by atoms with E-state index in [1.165, 1.54) is 49.8 Å².